The van der Waals surface area contributed by atoms with Crippen LogP contribution in [0.1, 0.15) is 15.9 Å². The van der Waals surface area contributed by atoms with E-state index >= 15 is 0 Å². The molecule has 5 nitrogen and oxygen atoms in total. The molecule has 1 aromatic rings. The molecule has 0 aliphatic heterocycles. The fourth-order valence-electron chi connectivity index (χ4n) is 0.953. The zero-order chi connectivity index (χ0) is 11.3. The first-order valence-corrected chi connectivity index (χ1v) is 4.48. The molecule has 0 aliphatic carbocycles. The molecule has 0 atom stereocenters. The molecule has 0 fully saturated rings. The summed E-state index contributed by atoms with van der Waals surface area (Å²) in [5.74, 6) is -0.349. The van der Waals surface area contributed by atoms with Gasteiger partial charge in [-0.3, -0.25) is 10.2 Å². The van der Waals surface area contributed by atoms with E-state index in [2.05, 4.69) is 16.2 Å². The summed E-state index contributed by atoms with van der Waals surface area (Å²) in [6.45, 7) is 1.93. The Bertz CT molecular complexity index is 359. The molecular formula is C10H13N3O2. The minimum absolute atomic E-state index is 0.349. The van der Waals surface area contributed by atoms with Crippen LogP contribution in [0.2, 0.25) is 0 Å². The van der Waals surface area contributed by atoms with Crippen LogP contribution in [0.5, 0.6) is 0 Å². The summed E-state index contributed by atoms with van der Waals surface area (Å²) >= 11 is 0. The third-order valence-electron chi connectivity index (χ3n) is 1.83. The van der Waals surface area contributed by atoms with Gasteiger partial charge in [0.15, 0.2) is 0 Å². The van der Waals surface area contributed by atoms with E-state index in [0.717, 1.165) is 5.56 Å². The second-order valence-electron chi connectivity index (χ2n) is 3.02. The van der Waals surface area contributed by atoms with Crippen molar-refractivity contribution in [1.29, 1.82) is 0 Å². The Morgan fingerprint density at radius 2 is 1.67 bits per heavy atom. The van der Waals surface area contributed by atoms with Crippen LogP contribution in [0.15, 0.2) is 24.3 Å². The lowest BCUT2D eigenvalue weighted by molar-refractivity contribution is 0.0936. The lowest BCUT2D eigenvalue weighted by Gasteiger charge is -2.06. The van der Waals surface area contributed by atoms with Crippen LogP contribution in [-0.4, -0.2) is 19.0 Å². The van der Waals surface area contributed by atoms with Gasteiger partial charge in [0.25, 0.3) is 5.91 Å². The van der Waals surface area contributed by atoms with E-state index in [1.807, 2.05) is 19.1 Å². The zero-order valence-corrected chi connectivity index (χ0v) is 8.63. The highest BCUT2D eigenvalue weighted by Crippen LogP contribution is 2.01. The minimum atomic E-state index is -0.463. The predicted octanol–water partition coefficient (Wildman–Crippen LogP) is 0.569. The Labute approximate surface area is 87.8 Å². The van der Waals surface area contributed by atoms with E-state index in [0.29, 0.717) is 5.56 Å². The van der Waals surface area contributed by atoms with Crippen LogP contribution < -0.4 is 16.2 Å². The number of aryl methyl sites for hydroxylation is 1. The number of carbonyl (C=O) groups is 2. The maximum atomic E-state index is 11.4. The van der Waals surface area contributed by atoms with E-state index in [9.17, 15) is 9.59 Å². The fraction of sp³-hybridized carbons (Fsp3) is 0.200. The number of hydrogen-bond acceptors (Lipinski definition) is 2. The second kappa shape index (κ2) is 4.99. The Kier molecular flexibility index (Phi) is 3.68. The van der Waals surface area contributed by atoms with Crippen molar-refractivity contribution >= 4 is 11.9 Å². The molecule has 0 bridgehead atoms. The van der Waals surface area contributed by atoms with Crippen molar-refractivity contribution in [2.75, 3.05) is 7.05 Å². The molecule has 0 unspecified atom stereocenters. The number of hydrazine groups is 1. The number of benzene rings is 1. The molecule has 0 spiro atoms. The van der Waals surface area contributed by atoms with Gasteiger partial charge in [-0.2, -0.15) is 0 Å². The van der Waals surface area contributed by atoms with Gasteiger partial charge in [-0.15, -0.1) is 0 Å². The highest BCUT2D eigenvalue weighted by atomic mass is 16.2. The first-order chi connectivity index (χ1) is 7.13. The lowest BCUT2D eigenvalue weighted by Crippen LogP contribution is -2.45. The molecular weight excluding hydrogens is 194 g/mol. The Balaban J connectivity index is 2.54. The van der Waals surface area contributed by atoms with Crippen molar-refractivity contribution < 1.29 is 9.59 Å². The van der Waals surface area contributed by atoms with Crippen molar-refractivity contribution in [1.82, 2.24) is 16.2 Å². The van der Waals surface area contributed by atoms with Gasteiger partial charge in [-0.25, -0.2) is 10.2 Å². The van der Waals surface area contributed by atoms with Crippen LogP contribution in [0, 0.1) is 6.92 Å². The Hall–Kier alpha value is -2.04. The molecule has 1 rings (SSSR count). The molecule has 0 aliphatic rings. The fourth-order valence-corrected chi connectivity index (χ4v) is 0.953. The maximum Gasteiger partial charge on any atom is 0.333 e. The molecule has 3 N–H and O–H groups in total. The van der Waals surface area contributed by atoms with E-state index in [1.165, 1.54) is 7.05 Å². The number of rotatable bonds is 1. The summed E-state index contributed by atoms with van der Waals surface area (Å²) in [5.41, 5.74) is 6.04. The summed E-state index contributed by atoms with van der Waals surface area (Å²) in [5, 5.41) is 2.32. The third-order valence-corrected chi connectivity index (χ3v) is 1.83. The number of urea groups is 1. The lowest BCUT2D eigenvalue weighted by atomic mass is 10.1. The molecule has 0 heterocycles. The molecule has 5 heteroatoms. The van der Waals surface area contributed by atoms with Crippen molar-refractivity contribution in [2.24, 2.45) is 0 Å². The van der Waals surface area contributed by atoms with Crippen LogP contribution in [0.3, 0.4) is 0 Å². The quantitative estimate of drug-likeness (QED) is 0.589. The molecule has 15 heavy (non-hydrogen) atoms. The summed E-state index contributed by atoms with van der Waals surface area (Å²) in [6, 6.07) is 6.58. The van der Waals surface area contributed by atoms with E-state index in [4.69, 9.17) is 0 Å². The summed E-state index contributed by atoms with van der Waals surface area (Å²) in [4.78, 5) is 22.2. The average molecular weight is 207 g/mol. The zero-order valence-electron chi connectivity index (χ0n) is 8.63. The normalized spacial score (nSPS) is 9.20. The van der Waals surface area contributed by atoms with Gasteiger partial charge in [-0.05, 0) is 19.1 Å². The SMILES string of the molecule is CNC(=O)NNC(=O)c1ccc(C)cc1. The number of amides is 3. The molecule has 0 aromatic heterocycles. The van der Waals surface area contributed by atoms with E-state index in [-0.39, 0.29) is 5.91 Å². The first kappa shape index (κ1) is 11.0. The van der Waals surface area contributed by atoms with Gasteiger partial charge >= 0.3 is 6.03 Å². The number of hydrogen-bond donors (Lipinski definition) is 3. The molecule has 0 radical (unpaired) electrons. The highest BCUT2D eigenvalue weighted by Gasteiger charge is 2.04. The third kappa shape index (κ3) is 3.30. The number of carbonyl (C=O) groups excluding carboxylic acids is 2. The van der Waals surface area contributed by atoms with Crippen LogP contribution in [-0.2, 0) is 0 Å². The van der Waals surface area contributed by atoms with Crippen molar-refractivity contribution in [3.63, 3.8) is 0 Å². The van der Waals surface area contributed by atoms with Crippen LogP contribution in [0.25, 0.3) is 0 Å². The Morgan fingerprint density at radius 3 is 2.20 bits per heavy atom. The van der Waals surface area contributed by atoms with Gasteiger partial charge in [0.05, 0.1) is 0 Å². The van der Waals surface area contributed by atoms with Crippen molar-refractivity contribution in [2.45, 2.75) is 6.92 Å². The molecule has 0 saturated heterocycles. The summed E-state index contributed by atoms with van der Waals surface area (Å²) in [7, 11) is 1.47. The van der Waals surface area contributed by atoms with Crippen molar-refractivity contribution in [3.05, 3.63) is 35.4 Å². The van der Waals surface area contributed by atoms with Gasteiger partial charge in [0.2, 0.25) is 0 Å². The maximum absolute atomic E-state index is 11.4. The smallest absolute Gasteiger partial charge is 0.333 e. The van der Waals surface area contributed by atoms with E-state index in [1.54, 1.807) is 12.1 Å². The Morgan fingerprint density at radius 1 is 1.07 bits per heavy atom. The molecule has 80 valence electrons. The molecule has 0 saturated carbocycles. The molecule has 3 amide bonds. The highest BCUT2D eigenvalue weighted by molar-refractivity contribution is 5.95. The van der Waals surface area contributed by atoms with Crippen molar-refractivity contribution in [3.8, 4) is 0 Å². The van der Waals surface area contributed by atoms with Gasteiger partial charge in [-0.1, -0.05) is 17.7 Å². The monoisotopic (exact) mass is 207 g/mol. The molecule has 1 aromatic carbocycles. The van der Waals surface area contributed by atoms with Gasteiger partial charge in [0.1, 0.15) is 0 Å². The minimum Gasteiger partial charge on any atom is -0.340 e. The average Bonchev–Trinajstić information content (AvgIpc) is 2.26. The van der Waals surface area contributed by atoms with E-state index < -0.39 is 6.03 Å². The van der Waals surface area contributed by atoms with Gasteiger partial charge < -0.3 is 5.32 Å². The summed E-state index contributed by atoms with van der Waals surface area (Å²) in [6.07, 6.45) is 0. The topological polar surface area (TPSA) is 70.2 Å². The first-order valence-electron chi connectivity index (χ1n) is 4.48. The summed E-state index contributed by atoms with van der Waals surface area (Å²) < 4.78 is 0. The number of nitrogens with one attached hydrogen (secondary N) is 3. The second-order valence-corrected chi connectivity index (χ2v) is 3.02. The standard InChI is InChI=1S/C10H13N3O2/c1-7-3-5-8(6-4-7)9(14)12-13-10(15)11-2/h3-6H,1-2H3,(H,12,14)(H2,11,13,15). The van der Waals surface area contributed by atoms with Crippen LogP contribution in [0.4, 0.5) is 4.79 Å². The van der Waals surface area contributed by atoms with Gasteiger partial charge in [0, 0.05) is 12.6 Å². The predicted molar refractivity (Wildman–Crippen MR) is 56.2 cm³/mol. The largest absolute Gasteiger partial charge is 0.340 e. The van der Waals surface area contributed by atoms with Crippen LogP contribution >= 0.6 is 0 Å².